The normalized spacial score (nSPS) is 8.11. The number of amidine groups is 1. The second kappa shape index (κ2) is 7.72. The van der Waals surface area contributed by atoms with Gasteiger partial charge in [-0.25, -0.2) is 0 Å². The summed E-state index contributed by atoms with van der Waals surface area (Å²) in [4.78, 5) is 0. The van der Waals surface area contributed by atoms with Gasteiger partial charge in [0.15, 0.2) is 0 Å². The molecule has 0 aliphatic heterocycles. The van der Waals surface area contributed by atoms with Crippen molar-refractivity contribution in [3.8, 4) is 0 Å². The standard InChI is InChI=1S/C5H12N2O.ClH/c1-2-8-4-3-5(6)7;/h2-4H2,1H3,(H3,6,7);1H. The molecule has 9 heavy (non-hydrogen) atoms. The highest BCUT2D eigenvalue weighted by molar-refractivity contribution is 5.85. The van der Waals surface area contributed by atoms with Crippen LogP contribution in [0.1, 0.15) is 13.3 Å². The molecule has 0 aliphatic carbocycles. The first-order valence-electron chi connectivity index (χ1n) is 2.68. The Hall–Kier alpha value is -0.280. The van der Waals surface area contributed by atoms with Crippen molar-refractivity contribution >= 4 is 18.2 Å². The number of ether oxygens (including phenoxy) is 1. The zero-order valence-electron chi connectivity index (χ0n) is 5.52. The molecule has 0 aromatic rings. The maximum Gasteiger partial charge on any atom is 0.0928 e. The average molecular weight is 153 g/mol. The van der Waals surface area contributed by atoms with Crippen molar-refractivity contribution in [1.82, 2.24) is 0 Å². The summed E-state index contributed by atoms with van der Waals surface area (Å²) in [5.74, 6) is 0.193. The Balaban J connectivity index is 0. The minimum atomic E-state index is 0. The minimum absolute atomic E-state index is 0. The quantitative estimate of drug-likeness (QED) is 0.355. The van der Waals surface area contributed by atoms with Gasteiger partial charge in [-0.05, 0) is 6.92 Å². The molecule has 4 heteroatoms. The smallest absolute Gasteiger partial charge is 0.0928 e. The number of hydrogen-bond donors (Lipinski definition) is 2. The fraction of sp³-hybridized carbons (Fsp3) is 0.800. The van der Waals surface area contributed by atoms with Gasteiger partial charge < -0.3 is 10.5 Å². The Bertz CT molecular complexity index is 77.4. The first-order valence-corrected chi connectivity index (χ1v) is 2.68. The third-order valence-electron chi connectivity index (χ3n) is 0.720. The second-order valence-corrected chi connectivity index (χ2v) is 1.47. The molecule has 0 amide bonds. The van der Waals surface area contributed by atoms with Gasteiger partial charge in [-0.2, -0.15) is 0 Å². The largest absolute Gasteiger partial charge is 0.388 e. The van der Waals surface area contributed by atoms with Crippen LogP contribution < -0.4 is 5.73 Å². The van der Waals surface area contributed by atoms with Gasteiger partial charge in [-0.3, -0.25) is 5.41 Å². The molecule has 0 saturated carbocycles. The summed E-state index contributed by atoms with van der Waals surface area (Å²) in [5.41, 5.74) is 5.04. The molecule has 3 N–H and O–H groups in total. The number of rotatable bonds is 4. The van der Waals surface area contributed by atoms with E-state index in [4.69, 9.17) is 15.9 Å². The zero-order chi connectivity index (χ0) is 6.41. The lowest BCUT2D eigenvalue weighted by Gasteiger charge is -1.96. The van der Waals surface area contributed by atoms with E-state index in [2.05, 4.69) is 0 Å². The second-order valence-electron chi connectivity index (χ2n) is 1.47. The molecule has 0 heterocycles. The lowest BCUT2D eigenvalue weighted by molar-refractivity contribution is 0.155. The van der Waals surface area contributed by atoms with Crippen LogP contribution in [0.5, 0.6) is 0 Å². The van der Waals surface area contributed by atoms with E-state index in [0.717, 1.165) is 0 Å². The summed E-state index contributed by atoms with van der Waals surface area (Å²) in [6.07, 6.45) is 0.549. The van der Waals surface area contributed by atoms with Gasteiger partial charge in [0.05, 0.1) is 12.4 Å². The van der Waals surface area contributed by atoms with Crippen molar-refractivity contribution < 1.29 is 4.74 Å². The lowest BCUT2D eigenvalue weighted by Crippen LogP contribution is -2.12. The Kier molecular flexibility index (Phi) is 9.87. The van der Waals surface area contributed by atoms with Crippen LogP contribution in [0.15, 0.2) is 0 Å². The van der Waals surface area contributed by atoms with E-state index in [0.29, 0.717) is 19.6 Å². The first-order chi connectivity index (χ1) is 3.77. The van der Waals surface area contributed by atoms with Gasteiger partial charge in [0, 0.05) is 13.0 Å². The Morgan fingerprint density at radius 1 is 1.67 bits per heavy atom. The van der Waals surface area contributed by atoms with Crippen molar-refractivity contribution in [1.29, 1.82) is 5.41 Å². The Morgan fingerprint density at radius 3 is 2.56 bits per heavy atom. The van der Waals surface area contributed by atoms with Crippen LogP contribution in [0.3, 0.4) is 0 Å². The van der Waals surface area contributed by atoms with Gasteiger partial charge in [0.25, 0.3) is 0 Å². The van der Waals surface area contributed by atoms with Crippen molar-refractivity contribution in [3.05, 3.63) is 0 Å². The molecule has 3 nitrogen and oxygen atoms in total. The maximum atomic E-state index is 6.77. The molecule has 56 valence electrons. The predicted octanol–water partition coefficient (Wildman–Crippen LogP) is 0.771. The molecule has 0 aliphatic rings. The highest BCUT2D eigenvalue weighted by Gasteiger charge is 1.86. The van der Waals surface area contributed by atoms with Crippen LogP contribution in [0.4, 0.5) is 0 Å². The summed E-state index contributed by atoms with van der Waals surface area (Å²) >= 11 is 0. The summed E-state index contributed by atoms with van der Waals surface area (Å²) in [6, 6.07) is 0. The van der Waals surface area contributed by atoms with E-state index in [9.17, 15) is 0 Å². The van der Waals surface area contributed by atoms with E-state index >= 15 is 0 Å². The molecule has 0 aromatic carbocycles. The van der Waals surface area contributed by atoms with Crippen LogP contribution in [0.2, 0.25) is 0 Å². The van der Waals surface area contributed by atoms with E-state index in [1.54, 1.807) is 0 Å². The van der Waals surface area contributed by atoms with Crippen LogP contribution in [0.25, 0.3) is 0 Å². The molecule has 0 bridgehead atoms. The molecule has 0 spiro atoms. The summed E-state index contributed by atoms with van der Waals surface area (Å²) in [7, 11) is 0. The topological polar surface area (TPSA) is 59.1 Å². The summed E-state index contributed by atoms with van der Waals surface area (Å²) < 4.78 is 4.92. The highest BCUT2D eigenvalue weighted by atomic mass is 35.5. The van der Waals surface area contributed by atoms with Gasteiger partial charge >= 0.3 is 0 Å². The van der Waals surface area contributed by atoms with Gasteiger partial charge in [-0.15, -0.1) is 12.4 Å². The van der Waals surface area contributed by atoms with Gasteiger partial charge in [-0.1, -0.05) is 0 Å². The molecular formula is C5H13ClN2O. The zero-order valence-corrected chi connectivity index (χ0v) is 6.33. The van der Waals surface area contributed by atoms with Crippen LogP contribution in [-0.4, -0.2) is 19.0 Å². The maximum absolute atomic E-state index is 6.77. The first kappa shape index (κ1) is 11.5. The van der Waals surface area contributed by atoms with Gasteiger partial charge in [0.2, 0.25) is 0 Å². The highest BCUT2D eigenvalue weighted by Crippen LogP contribution is 1.78. The van der Waals surface area contributed by atoms with Crippen LogP contribution in [-0.2, 0) is 4.74 Å². The molecule has 0 radical (unpaired) electrons. The number of hydrogen-bond acceptors (Lipinski definition) is 2. The van der Waals surface area contributed by atoms with Crippen molar-refractivity contribution in [2.45, 2.75) is 13.3 Å². The molecule has 0 aromatic heterocycles. The van der Waals surface area contributed by atoms with E-state index in [-0.39, 0.29) is 18.2 Å². The SMILES string of the molecule is CCOCCC(=N)N.Cl. The van der Waals surface area contributed by atoms with Crippen LogP contribution >= 0.6 is 12.4 Å². The molecule has 0 fully saturated rings. The number of nitrogens with two attached hydrogens (primary N) is 1. The molecule has 0 atom stereocenters. The van der Waals surface area contributed by atoms with Crippen LogP contribution in [0, 0.1) is 5.41 Å². The monoisotopic (exact) mass is 152 g/mol. The molecular weight excluding hydrogens is 140 g/mol. The average Bonchev–Trinajstić information content (AvgIpc) is 1.66. The third-order valence-corrected chi connectivity index (χ3v) is 0.720. The van der Waals surface area contributed by atoms with E-state index in [1.165, 1.54) is 0 Å². The van der Waals surface area contributed by atoms with Crippen molar-refractivity contribution in [2.75, 3.05) is 13.2 Å². The molecule has 0 rings (SSSR count). The summed E-state index contributed by atoms with van der Waals surface area (Å²) in [5, 5.41) is 6.77. The number of halogens is 1. The van der Waals surface area contributed by atoms with Crippen molar-refractivity contribution in [3.63, 3.8) is 0 Å². The Labute approximate surface area is 61.5 Å². The molecule has 0 unspecified atom stereocenters. The fourth-order valence-electron chi connectivity index (χ4n) is 0.326. The Morgan fingerprint density at radius 2 is 2.22 bits per heavy atom. The van der Waals surface area contributed by atoms with E-state index < -0.39 is 0 Å². The number of nitrogens with one attached hydrogen (secondary N) is 1. The summed E-state index contributed by atoms with van der Waals surface area (Å²) in [6.45, 7) is 3.19. The lowest BCUT2D eigenvalue weighted by atomic mass is 10.4. The van der Waals surface area contributed by atoms with Crippen molar-refractivity contribution in [2.24, 2.45) is 5.73 Å². The third kappa shape index (κ3) is 11.3. The van der Waals surface area contributed by atoms with E-state index in [1.807, 2.05) is 6.92 Å². The molecule has 0 saturated heterocycles. The minimum Gasteiger partial charge on any atom is -0.388 e. The fourth-order valence-corrected chi connectivity index (χ4v) is 0.326. The predicted molar refractivity (Wildman–Crippen MR) is 40.3 cm³/mol. The van der Waals surface area contributed by atoms with Gasteiger partial charge in [0.1, 0.15) is 0 Å².